The maximum atomic E-state index is 12.6. The lowest BCUT2D eigenvalue weighted by molar-refractivity contribution is 0.339. The van der Waals surface area contributed by atoms with Crippen molar-refractivity contribution in [1.29, 1.82) is 0 Å². The number of aromatic hydroxyl groups is 1. The summed E-state index contributed by atoms with van der Waals surface area (Å²) in [6.07, 6.45) is 0. The average Bonchev–Trinajstić information content (AvgIpc) is 2.08. The second-order valence-corrected chi connectivity index (χ2v) is 2.29. The van der Waals surface area contributed by atoms with Crippen LogP contribution in [0.4, 0.5) is 4.39 Å². The van der Waals surface area contributed by atoms with E-state index in [1.54, 1.807) is 0 Å². The first kappa shape index (κ1) is 9.03. The molecule has 0 aliphatic carbocycles. The van der Waals surface area contributed by atoms with Crippen molar-refractivity contribution in [2.45, 2.75) is 0 Å². The van der Waals surface area contributed by atoms with Crippen molar-refractivity contribution in [1.82, 2.24) is 0 Å². The summed E-state index contributed by atoms with van der Waals surface area (Å²) in [7, 11) is -0.0321. The van der Waals surface area contributed by atoms with Crippen LogP contribution in [0.25, 0.3) is 0 Å². The minimum absolute atomic E-state index is 0.0255. The lowest BCUT2D eigenvalue weighted by Gasteiger charge is -2.05. The first-order chi connectivity index (χ1) is 5.65. The summed E-state index contributed by atoms with van der Waals surface area (Å²) in [5.74, 6) is -0.718. The van der Waals surface area contributed by atoms with Crippen LogP contribution in [0.1, 0.15) is 0 Å². The fourth-order valence-electron chi connectivity index (χ4n) is 0.850. The molecule has 0 aliphatic rings. The van der Waals surface area contributed by atoms with Crippen LogP contribution in [0.2, 0.25) is 0 Å². The number of rotatable bonds is 2. The van der Waals surface area contributed by atoms with Gasteiger partial charge in [0.1, 0.15) is 11.6 Å². The van der Waals surface area contributed by atoms with Gasteiger partial charge in [-0.3, -0.25) is 0 Å². The van der Waals surface area contributed by atoms with Crippen molar-refractivity contribution in [3.05, 3.63) is 24.0 Å². The summed E-state index contributed by atoms with van der Waals surface area (Å²) in [5, 5.41) is 18.2. The molecule has 0 radical (unpaired) electrons. The zero-order valence-electron chi connectivity index (χ0n) is 6.49. The van der Waals surface area contributed by atoms with Crippen LogP contribution < -0.4 is 5.46 Å². The number of halogens is 1. The molecule has 12 heavy (non-hydrogen) atoms. The molecule has 0 spiro atoms. The molecule has 0 aliphatic heterocycles. The monoisotopic (exact) mass is 170 g/mol. The molecule has 1 aromatic rings. The molecule has 0 fully saturated rings. The van der Waals surface area contributed by atoms with E-state index in [-0.39, 0.29) is 11.2 Å². The van der Waals surface area contributed by atoms with Gasteiger partial charge in [0.2, 0.25) is 0 Å². The summed E-state index contributed by atoms with van der Waals surface area (Å²) in [6.45, 7) is 0. The lowest BCUT2D eigenvalue weighted by atomic mass is 9.79. The van der Waals surface area contributed by atoms with Gasteiger partial charge in [-0.05, 0) is 18.2 Å². The van der Waals surface area contributed by atoms with Crippen LogP contribution in [0.5, 0.6) is 5.75 Å². The van der Waals surface area contributed by atoms with Gasteiger partial charge < -0.3 is 14.8 Å². The van der Waals surface area contributed by atoms with Crippen molar-refractivity contribution < 1.29 is 19.2 Å². The highest BCUT2D eigenvalue weighted by Gasteiger charge is 2.19. The van der Waals surface area contributed by atoms with Gasteiger partial charge in [-0.1, -0.05) is 0 Å². The topological polar surface area (TPSA) is 49.7 Å². The first-order valence-corrected chi connectivity index (χ1v) is 3.34. The van der Waals surface area contributed by atoms with Crippen molar-refractivity contribution in [2.24, 2.45) is 0 Å². The third-order valence-electron chi connectivity index (χ3n) is 1.48. The molecule has 2 N–H and O–H groups in total. The molecule has 0 heterocycles. The molecule has 0 amide bonds. The van der Waals surface area contributed by atoms with Gasteiger partial charge in [-0.25, -0.2) is 4.39 Å². The van der Waals surface area contributed by atoms with Gasteiger partial charge in [-0.15, -0.1) is 0 Å². The Kier molecular flexibility index (Phi) is 2.67. The zero-order valence-corrected chi connectivity index (χ0v) is 6.49. The fourth-order valence-corrected chi connectivity index (χ4v) is 0.850. The highest BCUT2D eigenvalue weighted by Crippen LogP contribution is 2.07. The van der Waals surface area contributed by atoms with Crippen LogP contribution in [-0.4, -0.2) is 24.4 Å². The highest BCUT2D eigenvalue weighted by molar-refractivity contribution is 6.60. The normalized spacial score (nSPS) is 9.92. The maximum Gasteiger partial charge on any atom is 0.494 e. The standard InChI is InChI=1S/C7H8BFO3/c1-12-8(11)6-4-5(9)2-3-7(6)10/h2-4,10-11H,1H3. The lowest BCUT2D eigenvalue weighted by Crippen LogP contribution is -2.32. The van der Waals surface area contributed by atoms with E-state index in [0.717, 1.165) is 18.2 Å². The largest absolute Gasteiger partial charge is 0.508 e. The van der Waals surface area contributed by atoms with Gasteiger partial charge in [-0.2, -0.15) is 0 Å². The summed E-state index contributed by atoms with van der Waals surface area (Å²) < 4.78 is 17.1. The van der Waals surface area contributed by atoms with E-state index in [4.69, 9.17) is 10.1 Å². The Morgan fingerprint density at radius 2 is 2.17 bits per heavy atom. The van der Waals surface area contributed by atoms with Gasteiger partial charge >= 0.3 is 7.12 Å². The van der Waals surface area contributed by atoms with Crippen LogP contribution in [0, 0.1) is 5.82 Å². The number of hydrogen-bond donors (Lipinski definition) is 2. The Hall–Kier alpha value is -1.07. The van der Waals surface area contributed by atoms with Crippen LogP contribution >= 0.6 is 0 Å². The zero-order chi connectivity index (χ0) is 9.14. The highest BCUT2D eigenvalue weighted by atomic mass is 19.1. The van der Waals surface area contributed by atoms with Crippen molar-refractivity contribution in [3.63, 3.8) is 0 Å². The minimum Gasteiger partial charge on any atom is -0.508 e. The summed E-state index contributed by atoms with van der Waals surface area (Å²) in [6, 6.07) is 3.28. The van der Waals surface area contributed by atoms with E-state index in [0.29, 0.717) is 0 Å². The number of phenolic OH excluding ortho intramolecular Hbond substituents is 1. The molecule has 0 bridgehead atoms. The molecular weight excluding hydrogens is 162 g/mol. The van der Waals surface area contributed by atoms with Crippen molar-refractivity contribution in [3.8, 4) is 5.75 Å². The third-order valence-corrected chi connectivity index (χ3v) is 1.48. The molecule has 0 unspecified atom stereocenters. The maximum absolute atomic E-state index is 12.6. The van der Waals surface area contributed by atoms with E-state index in [2.05, 4.69) is 4.65 Å². The summed E-state index contributed by atoms with van der Waals surface area (Å²) in [4.78, 5) is 0. The van der Waals surface area contributed by atoms with Crippen LogP contribution in [0.3, 0.4) is 0 Å². The van der Waals surface area contributed by atoms with E-state index >= 15 is 0 Å². The van der Waals surface area contributed by atoms with Crippen LogP contribution in [-0.2, 0) is 4.65 Å². The van der Waals surface area contributed by atoms with E-state index in [1.165, 1.54) is 7.11 Å². The SMILES string of the molecule is COB(O)c1cc(F)ccc1O. The molecule has 1 rings (SSSR count). The molecular formula is C7H8BFO3. The second kappa shape index (κ2) is 3.56. The van der Waals surface area contributed by atoms with E-state index in [9.17, 15) is 4.39 Å². The third kappa shape index (κ3) is 1.75. The molecule has 0 atom stereocenters. The van der Waals surface area contributed by atoms with Crippen molar-refractivity contribution >= 4 is 12.6 Å². The molecule has 0 aromatic heterocycles. The second-order valence-electron chi connectivity index (χ2n) is 2.29. The number of hydrogen-bond acceptors (Lipinski definition) is 3. The smallest absolute Gasteiger partial charge is 0.494 e. The molecule has 0 saturated carbocycles. The molecule has 5 heteroatoms. The predicted octanol–water partition coefficient (Wildman–Crippen LogP) is -0.135. The van der Waals surface area contributed by atoms with Gasteiger partial charge in [0.15, 0.2) is 0 Å². The Balaban J connectivity index is 3.04. The van der Waals surface area contributed by atoms with Crippen LogP contribution in [0.15, 0.2) is 18.2 Å². The molecule has 1 aromatic carbocycles. The fraction of sp³-hybridized carbons (Fsp3) is 0.143. The quantitative estimate of drug-likeness (QED) is 0.607. The van der Waals surface area contributed by atoms with Gasteiger partial charge in [0, 0.05) is 12.6 Å². The number of phenols is 1. The van der Waals surface area contributed by atoms with Crippen molar-refractivity contribution in [2.75, 3.05) is 7.11 Å². The Morgan fingerprint density at radius 3 is 2.75 bits per heavy atom. The summed E-state index contributed by atoms with van der Waals surface area (Å²) in [5.41, 5.74) is 0.0255. The number of benzene rings is 1. The molecule has 3 nitrogen and oxygen atoms in total. The molecule has 0 saturated heterocycles. The summed E-state index contributed by atoms with van der Waals surface area (Å²) >= 11 is 0. The van der Waals surface area contributed by atoms with Gasteiger partial charge in [0.25, 0.3) is 0 Å². The predicted molar refractivity (Wildman–Crippen MR) is 42.7 cm³/mol. The Labute approximate surface area is 69.6 Å². The first-order valence-electron chi connectivity index (χ1n) is 3.34. The van der Waals surface area contributed by atoms with Gasteiger partial charge in [0.05, 0.1) is 0 Å². The minimum atomic E-state index is -1.29. The van der Waals surface area contributed by atoms with E-state index < -0.39 is 12.9 Å². The van der Waals surface area contributed by atoms with E-state index in [1.807, 2.05) is 0 Å². The Morgan fingerprint density at radius 1 is 1.50 bits per heavy atom. The Bertz CT molecular complexity index is 279. The molecule has 64 valence electrons. The average molecular weight is 170 g/mol.